The van der Waals surface area contributed by atoms with Crippen molar-refractivity contribution in [1.29, 1.82) is 0 Å². The summed E-state index contributed by atoms with van der Waals surface area (Å²) in [6.07, 6.45) is -2.57. The fourth-order valence-corrected chi connectivity index (χ4v) is 1.72. The van der Waals surface area contributed by atoms with E-state index in [0.717, 1.165) is 5.56 Å². The number of aliphatic hydroxyl groups is 3. The van der Waals surface area contributed by atoms with E-state index in [1.807, 2.05) is 6.07 Å². The molecule has 0 fully saturated rings. The van der Waals surface area contributed by atoms with Gasteiger partial charge in [-0.1, -0.05) is 30.3 Å². The largest absolute Gasteiger partial charge is 0.394 e. The summed E-state index contributed by atoms with van der Waals surface area (Å²) in [7, 11) is 0. The second-order valence-electron chi connectivity index (χ2n) is 4.46. The third kappa shape index (κ3) is 3.14. The highest BCUT2D eigenvalue weighted by atomic mass is 16.3. The van der Waals surface area contributed by atoms with Crippen molar-refractivity contribution in [2.45, 2.75) is 31.1 Å². The van der Waals surface area contributed by atoms with Crippen LogP contribution in [0.5, 0.6) is 0 Å². The normalized spacial score (nSPS) is 17.8. The highest BCUT2D eigenvalue weighted by Crippen LogP contribution is 2.15. The Kier molecular flexibility index (Phi) is 4.98. The predicted molar refractivity (Wildman–Crippen MR) is 66.8 cm³/mol. The fourth-order valence-electron chi connectivity index (χ4n) is 1.72. The number of Topliss-reactive ketones (excluding diaryl/α,β-unsaturated/α-hetero) is 1. The summed E-state index contributed by atoms with van der Waals surface area (Å²) in [6.45, 7) is 0.462. The Hall–Kier alpha value is -1.27. The van der Waals surface area contributed by atoms with Crippen LogP contribution in [-0.2, 0) is 11.2 Å². The van der Waals surface area contributed by atoms with Crippen molar-refractivity contribution in [2.75, 3.05) is 6.61 Å². The highest BCUT2D eigenvalue weighted by molar-refractivity contribution is 5.86. The summed E-state index contributed by atoms with van der Waals surface area (Å²) in [4.78, 5) is 11.3. The number of hydrogen-bond donors (Lipinski definition) is 4. The standard InChI is InChI=1S/C13H19NO4/c1-9(16)13(14,8-15)12(18)11(17)7-10-5-3-2-4-6-10/h2-6,11-12,15,17-18H,7-8,14H2,1H3. The Morgan fingerprint density at radius 3 is 2.33 bits per heavy atom. The lowest BCUT2D eigenvalue weighted by Crippen LogP contribution is -2.63. The average molecular weight is 253 g/mol. The van der Waals surface area contributed by atoms with E-state index in [1.54, 1.807) is 24.3 Å². The van der Waals surface area contributed by atoms with Gasteiger partial charge in [0.2, 0.25) is 0 Å². The van der Waals surface area contributed by atoms with Gasteiger partial charge in [0.1, 0.15) is 11.6 Å². The molecule has 1 rings (SSSR count). The minimum Gasteiger partial charge on any atom is -0.394 e. The van der Waals surface area contributed by atoms with Gasteiger partial charge in [0.15, 0.2) is 5.78 Å². The molecule has 18 heavy (non-hydrogen) atoms. The second-order valence-corrected chi connectivity index (χ2v) is 4.46. The predicted octanol–water partition coefficient (Wildman–Crippen LogP) is -0.770. The van der Waals surface area contributed by atoms with E-state index in [4.69, 9.17) is 10.8 Å². The number of nitrogens with two attached hydrogens (primary N) is 1. The Morgan fingerprint density at radius 2 is 1.89 bits per heavy atom. The minimum absolute atomic E-state index is 0.161. The molecular formula is C13H19NO4. The van der Waals surface area contributed by atoms with Gasteiger partial charge in [-0.25, -0.2) is 0 Å². The molecule has 0 saturated heterocycles. The molecule has 0 bridgehead atoms. The molecule has 0 aromatic heterocycles. The van der Waals surface area contributed by atoms with Crippen molar-refractivity contribution < 1.29 is 20.1 Å². The van der Waals surface area contributed by atoms with Crippen LogP contribution in [0.1, 0.15) is 12.5 Å². The Labute approximate surface area is 106 Å². The summed E-state index contributed by atoms with van der Waals surface area (Å²) < 4.78 is 0. The summed E-state index contributed by atoms with van der Waals surface area (Å²) >= 11 is 0. The molecule has 5 N–H and O–H groups in total. The zero-order valence-electron chi connectivity index (χ0n) is 10.3. The van der Waals surface area contributed by atoms with E-state index in [1.165, 1.54) is 6.92 Å². The van der Waals surface area contributed by atoms with Crippen molar-refractivity contribution in [1.82, 2.24) is 0 Å². The molecule has 0 saturated carbocycles. The molecular weight excluding hydrogens is 234 g/mol. The van der Waals surface area contributed by atoms with Gasteiger partial charge in [0.25, 0.3) is 0 Å². The van der Waals surface area contributed by atoms with Crippen LogP contribution in [0.15, 0.2) is 30.3 Å². The van der Waals surface area contributed by atoms with E-state index in [0.29, 0.717) is 0 Å². The zero-order chi connectivity index (χ0) is 13.8. The maximum atomic E-state index is 11.3. The van der Waals surface area contributed by atoms with Crippen LogP contribution in [0.3, 0.4) is 0 Å². The topological polar surface area (TPSA) is 104 Å². The number of carbonyl (C=O) groups is 1. The number of rotatable bonds is 6. The van der Waals surface area contributed by atoms with Gasteiger partial charge in [-0.2, -0.15) is 0 Å². The van der Waals surface area contributed by atoms with Gasteiger partial charge < -0.3 is 21.1 Å². The summed E-state index contributed by atoms with van der Waals surface area (Å²) in [5.41, 5.74) is 4.62. The van der Waals surface area contributed by atoms with E-state index in [2.05, 4.69) is 0 Å². The first-order chi connectivity index (χ1) is 8.41. The molecule has 0 aliphatic rings. The van der Waals surface area contributed by atoms with Gasteiger partial charge >= 0.3 is 0 Å². The number of ketones is 1. The summed E-state index contributed by atoms with van der Waals surface area (Å²) in [5, 5.41) is 28.9. The highest BCUT2D eigenvalue weighted by Gasteiger charge is 2.42. The fraction of sp³-hybridized carbons (Fsp3) is 0.462. The molecule has 3 unspecified atom stereocenters. The molecule has 0 aliphatic carbocycles. The molecule has 3 atom stereocenters. The van der Waals surface area contributed by atoms with Gasteiger partial charge in [0, 0.05) is 6.42 Å². The molecule has 100 valence electrons. The maximum Gasteiger partial charge on any atom is 0.154 e. The average Bonchev–Trinajstić information content (AvgIpc) is 2.37. The van der Waals surface area contributed by atoms with Crippen molar-refractivity contribution in [3.63, 3.8) is 0 Å². The third-order valence-corrected chi connectivity index (χ3v) is 3.10. The maximum absolute atomic E-state index is 11.3. The lowest BCUT2D eigenvalue weighted by atomic mass is 9.85. The number of aliphatic hydroxyl groups excluding tert-OH is 3. The van der Waals surface area contributed by atoms with Crippen LogP contribution in [0.2, 0.25) is 0 Å². The molecule has 0 spiro atoms. The molecule has 0 heterocycles. The molecule has 1 aromatic carbocycles. The Balaban J connectivity index is 2.77. The molecule has 0 amide bonds. The molecule has 0 aliphatic heterocycles. The first-order valence-electron chi connectivity index (χ1n) is 5.72. The van der Waals surface area contributed by atoms with Gasteiger partial charge in [-0.15, -0.1) is 0 Å². The lowest BCUT2D eigenvalue weighted by Gasteiger charge is -2.32. The second kappa shape index (κ2) is 6.06. The van der Waals surface area contributed by atoms with Crippen LogP contribution in [0, 0.1) is 0 Å². The zero-order valence-corrected chi connectivity index (χ0v) is 10.3. The van der Waals surface area contributed by atoms with Crippen molar-refractivity contribution in [3.05, 3.63) is 35.9 Å². The smallest absolute Gasteiger partial charge is 0.154 e. The van der Waals surface area contributed by atoms with Crippen LogP contribution in [0.4, 0.5) is 0 Å². The van der Waals surface area contributed by atoms with Crippen molar-refractivity contribution in [2.24, 2.45) is 5.73 Å². The van der Waals surface area contributed by atoms with E-state index < -0.39 is 30.1 Å². The SMILES string of the molecule is CC(=O)C(N)(CO)C(O)C(O)Cc1ccccc1. The van der Waals surface area contributed by atoms with Gasteiger partial charge in [0.05, 0.1) is 12.7 Å². The van der Waals surface area contributed by atoms with E-state index >= 15 is 0 Å². The third-order valence-electron chi connectivity index (χ3n) is 3.10. The minimum atomic E-state index is -1.83. The first-order valence-corrected chi connectivity index (χ1v) is 5.72. The lowest BCUT2D eigenvalue weighted by molar-refractivity contribution is -0.133. The quantitative estimate of drug-likeness (QED) is 0.533. The molecule has 1 aromatic rings. The number of hydrogen-bond acceptors (Lipinski definition) is 5. The van der Waals surface area contributed by atoms with Gasteiger partial charge in [-0.3, -0.25) is 4.79 Å². The van der Waals surface area contributed by atoms with Crippen molar-refractivity contribution >= 4 is 5.78 Å². The van der Waals surface area contributed by atoms with Gasteiger partial charge in [-0.05, 0) is 12.5 Å². The molecule has 5 heteroatoms. The monoisotopic (exact) mass is 253 g/mol. The summed E-state index contributed by atoms with van der Waals surface area (Å²) in [6, 6.07) is 9.03. The summed E-state index contributed by atoms with van der Waals surface area (Å²) in [5.74, 6) is -0.565. The van der Waals surface area contributed by atoms with E-state index in [9.17, 15) is 15.0 Å². The molecule has 5 nitrogen and oxygen atoms in total. The van der Waals surface area contributed by atoms with Crippen LogP contribution in [0.25, 0.3) is 0 Å². The Bertz CT molecular complexity index is 395. The van der Waals surface area contributed by atoms with Crippen LogP contribution in [-0.4, -0.2) is 45.5 Å². The first kappa shape index (κ1) is 14.8. The Morgan fingerprint density at radius 1 is 1.33 bits per heavy atom. The number of carbonyl (C=O) groups excluding carboxylic acids is 1. The van der Waals surface area contributed by atoms with Crippen LogP contribution >= 0.6 is 0 Å². The van der Waals surface area contributed by atoms with Crippen molar-refractivity contribution in [3.8, 4) is 0 Å². The molecule has 0 radical (unpaired) electrons. The number of benzene rings is 1. The van der Waals surface area contributed by atoms with Crippen LogP contribution < -0.4 is 5.73 Å². The van der Waals surface area contributed by atoms with E-state index in [-0.39, 0.29) is 6.42 Å².